The minimum atomic E-state index is -3.04. The molecule has 0 amide bonds. The van der Waals surface area contributed by atoms with E-state index in [2.05, 4.69) is 13.5 Å². The van der Waals surface area contributed by atoms with Crippen LogP contribution in [-0.4, -0.2) is 26.4 Å². The molecule has 0 spiro atoms. The van der Waals surface area contributed by atoms with Crippen LogP contribution in [0.15, 0.2) is 43.0 Å². The lowest BCUT2D eigenvalue weighted by Crippen LogP contribution is -2.39. The standard InChI is InChI=1S/C16H23O4P/c1-3-10-18-12-16(4-2)13-19-21(17,20-14-16)11-15-8-6-5-7-9-15/h3,5-9H,1,4,10-14H2,2H3. The van der Waals surface area contributed by atoms with Crippen LogP contribution in [0.5, 0.6) is 0 Å². The Morgan fingerprint density at radius 1 is 1.33 bits per heavy atom. The van der Waals surface area contributed by atoms with Gasteiger partial charge in [-0.15, -0.1) is 6.58 Å². The van der Waals surface area contributed by atoms with Crippen molar-refractivity contribution in [1.29, 1.82) is 0 Å². The maximum Gasteiger partial charge on any atom is 0.335 e. The zero-order chi connectivity index (χ0) is 15.2. The fraction of sp³-hybridized carbons (Fsp3) is 0.500. The van der Waals surface area contributed by atoms with Gasteiger partial charge in [-0.1, -0.05) is 43.3 Å². The van der Waals surface area contributed by atoms with Gasteiger partial charge in [-0.25, -0.2) is 0 Å². The molecule has 21 heavy (non-hydrogen) atoms. The molecule has 0 aromatic heterocycles. The third-order valence-electron chi connectivity index (χ3n) is 3.75. The van der Waals surface area contributed by atoms with Crippen molar-refractivity contribution in [3.8, 4) is 0 Å². The Morgan fingerprint density at radius 2 is 2.00 bits per heavy atom. The third kappa shape index (κ3) is 4.52. The first-order valence-electron chi connectivity index (χ1n) is 7.22. The Labute approximate surface area is 126 Å². The Balaban J connectivity index is 1.94. The second kappa shape index (κ2) is 7.37. The van der Waals surface area contributed by atoms with E-state index >= 15 is 0 Å². The monoisotopic (exact) mass is 310 g/mol. The topological polar surface area (TPSA) is 44.8 Å². The van der Waals surface area contributed by atoms with E-state index in [0.717, 1.165) is 12.0 Å². The lowest BCUT2D eigenvalue weighted by atomic mass is 9.88. The summed E-state index contributed by atoms with van der Waals surface area (Å²) in [6.07, 6.45) is 2.89. The van der Waals surface area contributed by atoms with Crippen LogP contribution < -0.4 is 0 Å². The third-order valence-corrected chi connectivity index (χ3v) is 5.55. The molecule has 4 nitrogen and oxygen atoms in total. The predicted octanol–water partition coefficient (Wildman–Crippen LogP) is 4.03. The molecule has 1 saturated heterocycles. The molecule has 0 radical (unpaired) electrons. The number of rotatable bonds is 7. The van der Waals surface area contributed by atoms with Crippen LogP contribution >= 0.6 is 7.60 Å². The molecular formula is C16H23O4P. The average molecular weight is 310 g/mol. The van der Waals surface area contributed by atoms with Gasteiger partial charge in [-0.05, 0) is 12.0 Å². The first-order chi connectivity index (χ1) is 10.1. The zero-order valence-electron chi connectivity index (χ0n) is 12.5. The molecule has 1 aliphatic rings. The molecule has 1 aliphatic heterocycles. The van der Waals surface area contributed by atoms with Gasteiger partial charge in [0.25, 0.3) is 0 Å². The molecule has 1 fully saturated rings. The van der Waals surface area contributed by atoms with Gasteiger partial charge < -0.3 is 13.8 Å². The van der Waals surface area contributed by atoms with Crippen molar-refractivity contribution in [3.63, 3.8) is 0 Å². The normalized spacial score (nSPS) is 29.2. The second-order valence-electron chi connectivity index (χ2n) is 5.46. The average Bonchev–Trinajstić information content (AvgIpc) is 2.51. The highest BCUT2D eigenvalue weighted by atomic mass is 31.2. The van der Waals surface area contributed by atoms with Crippen molar-refractivity contribution in [2.45, 2.75) is 19.5 Å². The predicted molar refractivity (Wildman–Crippen MR) is 83.4 cm³/mol. The molecule has 1 aromatic carbocycles. The van der Waals surface area contributed by atoms with E-state index in [1.165, 1.54) is 0 Å². The SMILES string of the molecule is C=CCOCC1(CC)COP(=O)(Cc2ccccc2)OC1. The van der Waals surface area contributed by atoms with Gasteiger partial charge in [0.15, 0.2) is 0 Å². The number of hydrogen-bond donors (Lipinski definition) is 0. The minimum Gasteiger partial charge on any atom is -0.377 e. The van der Waals surface area contributed by atoms with Crippen LogP contribution in [-0.2, 0) is 24.5 Å². The molecule has 0 bridgehead atoms. The van der Waals surface area contributed by atoms with Gasteiger partial charge in [0.2, 0.25) is 0 Å². The molecule has 1 aromatic rings. The summed E-state index contributed by atoms with van der Waals surface area (Å²) in [5.41, 5.74) is 0.751. The van der Waals surface area contributed by atoms with E-state index < -0.39 is 7.60 Å². The molecule has 0 N–H and O–H groups in total. The van der Waals surface area contributed by atoms with Crippen LogP contribution in [0.1, 0.15) is 18.9 Å². The van der Waals surface area contributed by atoms with Crippen LogP contribution in [0.2, 0.25) is 0 Å². The van der Waals surface area contributed by atoms with Gasteiger partial charge in [-0.2, -0.15) is 0 Å². The molecule has 0 unspecified atom stereocenters. The number of ether oxygens (including phenoxy) is 1. The first-order valence-corrected chi connectivity index (χ1v) is 8.95. The zero-order valence-corrected chi connectivity index (χ0v) is 13.4. The first kappa shape index (κ1) is 16.4. The maximum absolute atomic E-state index is 12.6. The molecule has 116 valence electrons. The van der Waals surface area contributed by atoms with E-state index in [4.69, 9.17) is 13.8 Å². The van der Waals surface area contributed by atoms with Crippen molar-refractivity contribution in [2.75, 3.05) is 26.4 Å². The molecule has 0 atom stereocenters. The van der Waals surface area contributed by atoms with Gasteiger partial charge in [-0.3, -0.25) is 4.57 Å². The van der Waals surface area contributed by atoms with Crippen molar-refractivity contribution < 1.29 is 18.3 Å². The lowest BCUT2D eigenvalue weighted by molar-refractivity contribution is -0.0427. The molecule has 1 heterocycles. The Hall–Kier alpha value is -0.930. The summed E-state index contributed by atoms with van der Waals surface area (Å²) >= 11 is 0. The van der Waals surface area contributed by atoms with Gasteiger partial charge in [0.05, 0.1) is 32.6 Å². The second-order valence-corrected chi connectivity index (χ2v) is 7.51. The van der Waals surface area contributed by atoms with Crippen LogP contribution in [0.3, 0.4) is 0 Å². The van der Waals surface area contributed by atoms with E-state index in [0.29, 0.717) is 32.6 Å². The van der Waals surface area contributed by atoms with Crippen LogP contribution in [0.25, 0.3) is 0 Å². The summed E-state index contributed by atoms with van der Waals surface area (Å²) in [5.74, 6) is 0. The largest absolute Gasteiger partial charge is 0.377 e. The number of hydrogen-bond acceptors (Lipinski definition) is 4. The fourth-order valence-corrected chi connectivity index (χ4v) is 4.05. The molecule has 0 saturated carbocycles. The summed E-state index contributed by atoms with van der Waals surface area (Å²) in [6, 6.07) is 9.64. The maximum atomic E-state index is 12.6. The highest BCUT2D eigenvalue weighted by Gasteiger charge is 2.41. The number of benzene rings is 1. The van der Waals surface area contributed by atoms with Crippen molar-refractivity contribution in [3.05, 3.63) is 48.6 Å². The van der Waals surface area contributed by atoms with Gasteiger partial charge in [0.1, 0.15) is 0 Å². The van der Waals surface area contributed by atoms with E-state index in [1.807, 2.05) is 30.3 Å². The molecule has 2 rings (SSSR count). The van der Waals surface area contributed by atoms with Crippen LogP contribution in [0.4, 0.5) is 0 Å². The Kier molecular flexibility index (Phi) is 5.77. The summed E-state index contributed by atoms with van der Waals surface area (Å²) in [4.78, 5) is 0. The molecule has 5 heteroatoms. The van der Waals surface area contributed by atoms with E-state index in [1.54, 1.807) is 6.08 Å². The minimum absolute atomic E-state index is 0.215. The van der Waals surface area contributed by atoms with E-state index in [-0.39, 0.29) is 5.41 Å². The summed E-state index contributed by atoms with van der Waals surface area (Å²) in [7, 11) is -3.04. The Morgan fingerprint density at radius 3 is 2.57 bits per heavy atom. The van der Waals surface area contributed by atoms with Crippen molar-refractivity contribution >= 4 is 7.60 Å². The summed E-state index contributed by atoms with van der Waals surface area (Å²) in [6.45, 7) is 7.54. The van der Waals surface area contributed by atoms with Crippen molar-refractivity contribution in [1.82, 2.24) is 0 Å². The van der Waals surface area contributed by atoms with Gasteiger partial charge >= 0.3 is 7.60 Å². The lowest BCUT2D eigenvalue weighted by Gasteiger charge is -2.38. The highest BCUT2D eigenvalue weighted by Crippen LogP contribution is 2.56. The van der Waals surface area contributed by atoms with Crippen LogP contribution in [0, 0.1) is 5.41 Å². The molecular weight excluding hydrogens is 287 g/mol. The van der Waals surface area contributed by atoms with Crippen molar-refractivity contribution in [2.24, 2.45) is 5.41 Å². The smallest absolute Gasteiger partial charge is 0.335 e. The fourth-order valence-electron chi connectivity index (χ4n) is 2.20. The van der Waals surface area contributed by atoms with E-state index in [9.17, 15) is 4.57 Å². The quantitative estimate of drug-likeness (QED) is 0.433. The summed E-state index contributed by atoms with van der Waals surface area (Å²) in [5, 5.41) is 0. The molecule has 0 aliphatic carbocycles. The van der Waals surface area contributed by atoms with Gasteiger partial charge in [0, 0.05) is 5.41 Å². The Bertz CT molecular complexity index is 488. The highest BCUT2D eigenvalue weighted by molar-refractivity contribution is 7.53. The summed E-state index contributed by atoms with van der Waals surface area (Å²) < 4.78 is 29.4.